The first kappa shape index (κ1) is 25.1. The van der Waals surface area contributed by atoms with Crippen molar-refractivity contribution in [3.8, 4) is 0 Å². The summed E-state index contributed by atoms with van der Waals surface area (Å²) >= 11 is 0. The lowest BCUT2D eigenvalue weighted by molar-refractivity contribution is -0.315. The molecule has 2 aliphatic heterocycles. The maximum atomic E-state index is 10.9. The molecule has 1 saturated carbocycles. The normalized spacial score (nSPS) is 54.0. The van der Waals surface area contributed by atoms with Gasteiger partial charge in [0.25, 0.3) is 0 Å². The highest BCUT2D eigenvalue weighted by atomic mass is 16.7. The summed E-state index contributed by atoms with van der Waals surface area (Å²) in [5.41, 5.74) is 23.6. The van der Waals surface area contributed by atoms with Crippen molar-refractivity contribution in [2.45, 2.75) is 92.1 Å². The summed E-state index contributed by atoms with van der Waals surface area (Å²) < 4.78 is 22.2. The minimum absolute atomic E-state index is 0.105. The summed E-state index contributed by atoms with van der Waals surface area (Å²) in [5.74, 6) is 0. The number of rotatable bonds is 5. The average Bonchev–Trinajstić information content (AvgIpc) is 2.73. The summed E-state index contributed by atoms with van der Waals surface area (Å²) in [5, 5.41) is 60.5. The monoisotopic (exact) mass is 454 g/mol. The summed E-state index contributed by atoms with van der Waals surface area (Å²) in [7, 11) is 0. The van der Waals surface area contributed by atoms with E-state index in [0.29, 0.717) is 0 Å². The Morgan fingerprint density at radius 3 is 1.90 bits per heavy atom. The molecular weight excluding hydrogens is 420 g/mol. The fourth-order valence-electron chi connectivity index (χ4n) is 4.12. The van der Waals surface area contributed by atoms with Crippen LogP contribution in [-0.2, 0) is 18.9 Å². The lowest BCUT2D eigenvalue weighted by atomic mass is 9.84. The van der Waals surface area contributed by atoms with E-state index in [4.69, 9.17) is 41.9 Å². The Morgan fingerprint density at radius 1 is 0.742 bits per heavy atom. The number of aliphatic hydroxyl groups is 6. The second-order valence-electron chi connectivity index (χ2n) is 8.34. The Balaban J connectivity index is 1.70. The molecule has 182 valence electrons. The van der Waals surface area contributed by atoms with Gasteiger partial charge in [-0.15, -0.1) is 0 Å². The molecule has 3 fully saturated rings. The largest absolute Gasteiger partial charge is 0.388 e. The van der Waals surface area contributed by atoms with Crippen LogP contribution in [0.2, 0.25) is 0 Å². The molecule has 0 aromatic rings. The molecule has 14 N–H and O–H groups in total. The van der Waals surface area contributed by atoms with Crippen molar-refractivity contribution in [1.82, 2.24) is 0 Å². The quantitative estimate of drug-likeness (QED) is 0.185. The summed E-state index contributed by atoms with van der Waals surface area (Å²) in [6, 6.07) is -2.67. The highest BCUT2D eigenvalue weighted by Gasteiger charge is 2.50. The van der Waals surface area contributed by atoms with Gasteiger partial charge in [-0.2, -0.15) is 0 Å². The molecular formula is C17H34N4O10. The molecule has 0 bridgehead atoms. The molecule has 0 spiro atoms. The highest BCUT2D eigenvalue weighted by Crippen LogP contribution is 2.30. The predicted octanol–water partition coefficient (Wildman–Crippen LogP) is -6.65. The Kier molecular flexibility index (Phi) is 8.21. The molecule has 0 aromatic heterocycles. The third-order valence-electron chi connectivity index (χ3n) is 6.08. The molecule has 14 heteroatoms. The van der Waals surface area contributed by atoms with E-state index in [2.05, 4.69) is 0 Å². The molecule has 10 unspecified atom stereocenters. The van der Waals surface area contributed by atoms with Crippen molar-refractivity contribution >= 4 is 0 Å². The Hall–Kier alpha value is -0.560. The first-order valence-electron chi connectivity index (χ1n) is 10.2. The summed E-state index contributed by atoms with van der Waals surface area (Å²) in [6.07, 6.45) is -14.1. The topological polar surface area (TPSA) is 262 Å². The van der Waals surface area contributed by atoms with E-state index >= 15 is 0 Å². The Morgan fingerprint density at radius 2 is 1.32 bits per heavy atom. The SMILES string of the molecule is NCC1O[C@H](OC2C(N)CC(N)C(OC3OCC(O)C(O)[C@H]3O)[C@H]2O)C(N)C(O)[C@@H]1O. The van der Waals surface area contributed by atoms with Crippen LogP contribution in [0.25, 0.3) is 0 Å². The van der Waals surface area contributed by atoms with Crippen LogP contribution in [0.1, 0.15) is 6.42 Å². The number of aliphatic hydroxyl groups excluding tert-OH is 6. The van der Waals surface area contributed by atoms with Crippen LogP contribution in [0.4, 0.5) is 0 Å². The number of nitrogens with two attached hydrogens (primary N) is 4. The maximum absolute atomic E-state index is 10.9. The molecule has 0 radical (unpaired) electrons. The number of ether oxygens (including phenoxy) is 4. The molecule has 2 saturated heterocycles. The van der Waals surface area contributed by atoms with Crippen LogP contribution in [0.3, 0.4) is 0 Å². The zero-order valence-corrected chi connectivity index (χ0v) is 16.8. The maximum Gasteiger partial charge on any atom is 0.186 e. The van der Waals surface area contributed by atoms with E-state index in [-0.39, 0.29) is 19.6 Å². The third-order valence-corrected chi connectivity index (χ3v) is 6.08. The summed E-state index contributed by atoms with van der Waals surface area (Å²) in [4.78, 5) is 0. The predicted molar refractivity (Wildman–Crippen MR) is 102 cm³/mol. The van der Waals surface area contributed by atoms with Crippen molar-refractivity contribution in [3.05, 3.63) is 0 Å². The van der Waals surface area contributed by atoms with E-state index in [1.54, 1.807) is 0 Å². The molecule has 2 heterocycles. The zero-order valence-electron chi connectivity index (χ0n) is 16.8. The zero-order chi connectivity index (χ0) is 23.0. The molecule has 0 aromatic carbocycles. The van der Waals surface area contributed by atoms with Crippen molar-refractivity contribution in [3.63, 3.8) is 0 Å². The minimum atomic E-state index is -1.57. The standard InChI is InChI=1S/C17H34N4O10/c18-2-7-10(24)11(25)8(21)16(29-7)30-14-4(19)1-5(20)15(13(14)27)31-17-12(26)9(23)6(22)3-28-17/h4-17,22-27H,1-3,18-21H2/t4?,5?,6?,7?,8?,9?,10-,11?,12-,13+,14?,15?,16-,17?/m1/s1. The molecule has 31 heavy (non-hydrogen) atoms. The van der Waals surface area contributed by atoms with Crippen molar-refractivity contribution < 1.29 is 49.6 Å². The molecule has 3 aliphatic rings. The third kappa shape index (κ3) is 5.02. The van der Waals surface area contributed by atoms with Gasteiger partial charge in [0.15, 0.2) is 12.6 Å². The fourth-order valence-corrected chi connectivity index (χ4v) is 4.12. The van der Waals surface area contributed by atoms with Crippen LogP contribution in [0.5, 0.6) is 0 Å². The van der Waals surface area contributed by atoms with Gasteiger partial charge in [0.1, 0.15) is 54.9 Å². The minimum Gasteiger partial charge on any atom is -0.388 e. The molecule has 14 atom stereocenters. The van der Waals surface area contributed by atoms with Gasteiger partial charge >= 0.3 is 0 Å². The van der Waals surface area contributed by atoms with Gasteiger partial charge in [-0.05, 0) is 6.42 Å². The van der Waals surface area contributed by atoms with Gasteiger partial charge in [-0.1, -0.05) is 0 Å². The number of hydrogen-bond donors (Lipinski definition) is 10. The van der Waals surface area contributed by atoms with Gasteiger partial charge in [-0.3, -0.25) is 0 Å². The van der Waals surface area contributed by atoms with Crippen LogP contribution >= 0.6 is 0 Å². The molecule has 1 aliphatic carbocycles. The van der Waals surface area contributed by atoms with E-state index in [9.17, 15) is 30.6 Å². The second kappa shape index (κ2) is 10.1. The smallest absolute Gasteiger partial charge is 0.186 e. The average molecular weight is 454 g/mol. The molecule has 3 rings (SSSR count). The molecule has 0 amide bonds. The van der Waals surface area contributed by atoms with Crippen LogP contribution in [0, 0.1) is 0 Å². The van der Waals surface area contributed by atoms with E-state index < -0.39 is 85.6 Å². The Bertz CT molecular complexity index is 591. The lowest BCUT2D eigenvalue weighted by Crippen LogP contribution is -2.68. The fraction of sp³-hybridized carbons (Fsp3) is 1.00. The van der Waals surface area contributed by atoms with Gasteiger partial charge in [0.2, 0.25) is 0 Å². The van der Waals surface area contributed by atoms with Crippen molar-refractivity contribution in [1.29, 1.82) is 0 Å². The number of hydrogen-bond acceptors (Lipinski definition) is 14. The first-order valence-corrected chi connectivity index (χ1v) is 10.2. The van der Waals surface area contributed by atoms with Gasteiger partial charge in [0, 0.05) is 18.6 Å². The van der Waals surface area contributed by atoms with Crippen LogP contribution in [-0.4, -0.2) is 129 Å². The van der Waals surface area contributed by atoms with E-state index in [0.717, 1.165) is 0 Å². The first-order chi connectivity index (χ1) is 14.6. The van der Waals surface area contributed by atoms with Gasteiger partial charge in [0.05, 0.1) is 12.6 Å². The van der Waals surface area contributed by atoms with Gasteiger partial charge < -0.3 is 72.5 Å². The van der Waals surface area contributed by atoms with E-state index in [1.807, 2.05) is 0 Å². The second-order valence-corrected chi connectivity index (χ2v) is 8.34. The van der Waals surface area contributed by atoms with Crippen LogP contribution in [0.15, 0.2) is 0 Å². The Labute approximate surface area is 178 Å². The lowest BCUT2D eigenvalue weighted by Gasteiger charge is -2.47. The van der Waals surface area contributed by atoms with Gasteiger partial charge in [-0.25, -0.2) is 0 Å². The summed E-state index contributed by atoms with van der Waals surface area (Å²) in [6.45, 7) is -0.391. The van der Waals surface area contributed by atoms with Crippen LogP contribution < -0.4 is 22.9 Å². The molecule has 14 nitrogen and oxygen atoms in total. The van der Waals surface area contributed by atoms with E-state index in [1.165, 1.54) is 0 Å². The van der Waals surface area contributed by atoms with Crippen molar-refractivity contribution in [2.75, 3.05) is 13.2 Å². The highest BCUT2D eigenvalue weighted by molar-refractivity contribution is 5.01. The van der Waals surface area contributed by atoms with Crippen molar-refractivity contribution in [2.24, 2.45) is 22.9 Å².